The zero-order chi connectivity index (χ0) is 10.7. The minimum absolute atomic E-state index is 0.221. The summed E-state index contributed by atoms with van der Waals surface area (Å²) in [5.74, 6) is 0.221. The first-order valence-electron chi connectivity index (χ1n) is 5.16. The van der Waals surface area contributed by atoms with Crippen molar-refractivity contribution in [3.63, 3.8) is 0 Å². The van der Waals surface area contributed by atoms with Crippen molar-refractivity contribution in [2.75, 3.05) is 26.3 Å². The van der Waals surface area contributed by atoms with Gasteiger partial charge in [-0.25, -0.2) is 0 Å². The quantitative estimate of drug-likeness (QED) is 0.733. The predicted molar refractivity (Wildman–Crippen MR) is 60.5 cm³/mol. The summed E-state index contributed by atoms with van der Waals surface area (Å²) < 4.78 is 5.33. The highest BCUT2D eigenvalue weighted by molar-refractivity contribution is 7.12. The summed E-state index contributed by atoms with van der Waals surface area (Å²) in [5.41, 5.74) is 0. The molecule has 0 aliphatic carbocycles. The zero-order valence-corrected chi connectivity index (χ0v) is 9.63. The van der Waals surface area contributed by atoms with Crippen LogP contribution in [0.15, 0.2) is 17.5 Å². The number of thiophene rings is 1. The molecular formula is C11H15NO2S. The SMILES string of the molecule is CC1COCCN1CC(=O)c1cccs1. The van der Waals surface area contributed by atoms with Gasteiger partial charge in [-0.15, -0.1) is 11.3 Å². The number of carbonyl (C=O) groups is 1. The Balaban J connectivity index is 1.93. The standard InChI is InChI=1S/C11H15NO2S/c1-9-8-14-5-4-12(9)7-10(13)11-3-2-6-15-11/h2-3,6,9H,4-5,7-8H2,1H3. The molecule has 1 fully saturated rings. The van der Waals surface area contributed by atoms with Crippen molar-refractivity contribution in [2.24, 2.45) is 0 Å². The van der Waals surface area contributed by atoms with Crippen molar-refractivity contribution in [2.45, 2.75) is 13.0 Å². The number of ether oxygens (including phenoxy) is 1. The Morgan fingerprint density at radius 3 is 3.27 bits per heavy atom. The molecule has 0 aromatic carbocycles. The van der Waals surface area contributed by atoms with Gasteiger partial charge in [-0.3, -0.25) is 9.69 Å². The lowest BCUT2D eigenvalue weighted by Crippen LogP contribution is -2.45. The molecule has 2 rings (SSSR count). The van der Waals surface area contributed by atoms with Crippen LogP contribution < -0.4 is 0 Å². The molecule has 15 heavy (non-hydrogen) atoms. The van der Waals surface area contributed by atoms with E-state index in [-0.39, 0.29) is 5.78 Å². The molecule has 1 aromatic rings. The highest BCUT2D eigenvalue weighted by atomic mass is 32.1. The molecule has 0 saturated carbocycles. The van der Waals surface area contributed by atoms with Gasteiger partial charge in [0.05, 0.1) is 24.6 Å². The first-order valence-corrected chi connectivity index (χ1v) is 6.04. The molecule has 0 spiro atoms. The van der Waals surface area contributed by atoms with Gasteiger partial charge in [-0.05, 0) is 18.4 Å². The van der Waals surface area contributed by atoms with Gasteiger partial charge in [0.25, 0.3) is 0 Å². The average Bonchev–Trinajstić information content (AvgIpc) is 2.74. The summed E-state index contributed by atoms with van der Waals surface area (Å²) in [7, 11) is 0. The van der Waals surface area contributed by atoms with E-state index in [1.807, 2.05) is 17.5 Å². The Morgan fingerprint density at radius 2 is 2.60 bits per heavy atom. The van der Waals surface area contributed by atoms with Crippen molar-refractivity contribution < 1.29 is 9.53 Å². The van der Waals surface area contributed by atoms with Gasteiger partial charge in [0.2, 0.25) is 0 Å². The van der Waals surface area contributed by atoms with E-state index in [0.717, 1.165) is 24.6 Å². The highest BCUT2D eigenvalue weighted by Crippen LogP contribution is 2.12. The fourth-order valence-corrected chi connectivity index (χ4v) is 2.35. The normalized spacial score (nSPS) is 22.9. The molecule has 3 nitrogen and oxygen atoms in total. The molecule has 0 radical (unpaired) electrons. The molecule has 82 valence electrons. The number of nitrogens with zero attached hydrogens (tertiary/aromatic N) is 1. The highest BCUT2D eigenvalue weighted by Gasteiger charge is 2.21. The van der Waals surface area contributed by atoms with E-state index in [2.05, 4.69) is 11.8 Å². The molecule has 1 unspecified atom stereocenters. The van der Waals surface area contributed by atoms with Gasteiger partial charge >= 0.3 is 0 Å². The van der Waals surface area contributed by atoms with E-state index in [4.69, 9.17) is 4.74 Å². The van der Waals surface area contributed by atoms with Gasteiger partial charge in [0, 0.05) is 12.6 Å². The number of carbonyl (C=O) groups excluding carboxylic acids is 1. The molecule has 0 amide bonds. The zero-order valence-electron chi connectivity index (χ0n) is 8.81. The van der Waals surface area contributed by atoms with Crippen LogP contribution in [0.3, 0.4) is 0 Å². The van der Waals surface area contributed by atoms with Crippen LogP contribution in [0.5, 0.6) is 0 Å². The number of Topliss-reactive ketones (excluding diaryl/α,β-unsaturated/α-hetero) is 1. The van der Waals surface area contributed by atoms with Crippen molar-refractivity contribution in [1.29, 1.82) is 0 Å². The van der Waals surface area contributed by atoms with Crippen molar-refractivity contribution in [3.8, 4) is 0 Å². The molecular weight excluding hydrogens is 210 g/mol. The third-order valence-electron chi connectivity index (χ3n) is 2.65. The Morgan fingerprint density at radius 1 is 1.73 bits per heavy atom. The van der Waals surface area contributed by atoms with Crippen molar-refractivity contribution >= 4 is 17.1 Å². The third-order valence-corrected chi connectivity index (χ3v) is 3.56. The maximum absolute atomic E-state index is 11.8. The van der Waals surface area contributed by atoms with Gasteiger partial charge in [-0.1, -0.05) is 6.07 Å². The number of hydrogen-bond acceptors (Lipinski definition) is 4. The van der Waals surface area contributed by atoms with E-state index < -0.39 is 0 Å². The molecule has 0 N–H and O–H groups in total. The molecule has 1 aliphatic heterocycles. The predicted octanol–water partition coefficient (Wildman–Crippen LogP) is 1.65. The first kappa shape index (κ1) is 10.8. The van der Waals surface area contributed by atoms with Crippen LogP contribution in [0.4, 0.5) is 0 Å². The molecule has 1 saturated heterocycles. The Kier molecular flexibility index (Phi) is 3.51. The Hall–Kier alpha value is -0.710. The van der Waals surface area contributed by atoms with E-state index in [0.29, 0.717) is 12.6 Å². The number of ketones is 1. The third kappa shape index (κ3) is 2.65. The second kappa shape index (κ2) is 4.88. The molecule has 0 bridgehead atoms. The Labute approximate surface area is 93.7 Å². The van der Waals surface area contributed by atoms with Gasteiger partial charge in [-0.2, -0.15) is 0 Å². The summed E-state index contributed by atoms with van der Waals surface area (Å²) in [6.07, 6.45) is 0. The second-order valence-electron chi connectivity index (χ2n) is 3.79. The lowest BCUT2D eigenvalue weighted by molar-refractivity contribution is 0.00207. The Bertz CT molecular complexity index is 323. The molecule has 1 atom stereocenters. The second-order valence-corrected chi connectivity index (χ2v) is 4.74. The molecule has 1 aliphatic rings. The van der Waals surface area contributed by atoms with E-state index in [1.165, 1.54) is 11.3 Å². The molecule has 1 aromatic heterocycles. The van der Waals surface area contributed by atoms with Gasteiger partial charge in [0.15, 0.2) is 5.78 Å². The van der Waals surface area contributed by atoms with Crippen molar-refractivity contribution in [3.05, 3.63) is 22.4 Å². The summed E-state index contributed by atoms with van der Waals surface area (Å²) in [6, 6.07) is 4.15. The monoisotopic (exact) mass is 225 g/mol. The van der Waals surface area contributed by atoms with E-state index in [9.17, 15) is 4.79 Å². The molecule has 2 heterocycles. The molecule has 4 heteroatoms. The number of rotatable bonds is 3. The van der Waals surface area contributed by atoms with Crippen LogP contribution in [0.1, 0.15) is 16.6 Å². The van der Waals surface area contributed by atoms with Crippen LogP contribution >= 0.6 is 11.3 Å². The topological polar surface area (TPSA) is 29.5 Å². The smallest absolute Gasteiger partial charge is 0.186 e. The van der Waals surface area contributed by atoms with Crippen LogP contribution in [0.2, 0.25) is 0 Å². The fourth-order valence-electron chi connectivity index (χ4n) is 1.70. The minimum Gasteiger partial charge on any atom is -0.379 e. The summed E-state index contributed by atoms with van der Waals surface area (Å²) in [6.45, 7) is 4.95. The van der Waals surface area contributed by atoms with Crippen LogP contribution in [0.25, 0.3) is 0 Å². The lowest BCUT2D eigenvalue weighted by atomic mass is 10.2. The maximum atomic E-state index is 11.8. The van der Waals surface area contributed by atoms with Crippen LogP contribution in [0, 0.1) is 0 Å². The van der Waals surface area contributed by atoms with Gasteiger partial charge < -0.3 is 4.74 Å². The summed E-state index contributed by atoms with van der Waals surface area (Å²) in [5, 5.41) is 1.94. The maximum Gasteiger partial charge on any atom is 0.186 e. The number of morpholine rings is 1. The average molecular weight is 225 g/mol. The minimum atomic E-state index is 0.221. The first-order chi connectivity index (χ1) is 7.27. The van der Waals surface area contributed by atoms with E-state index in [1.54, 1.807) is 0 Å². The van der Waals surface area contributed by atoms with Gasteiger partial charge in [0.1, 0.15) is 0 Å². The lowest BCUT2D eigenvalue weighted by Gasteiger charge is -2.32. The summed E-state index contributed by atoms with van der Waals surface area (Å²) >= 11 is 1.51. The summed E-state index contributed by atoms with van der Waals surface area (Å²) in [4.78, 5) is 14.9. The van der Waals surface area contributed by atoms with Crippen LogP contribution in [-0.4, -0.2) is 43.0 Å². The fraction of sp³-hybridized carbons (Fsp3) is 0.545. The largest absolute Gasteiger partial charge is 0.379 e. The van der Waals surface area contributed by atoms with Crippen LogP contribution in [-0.2, 0) is 4.74 Å². The van der Waals surface area contributed by atoms with E-state index >= 15 is 0 Å². The number of hydrogen-bond donors (Lipinski definition) is 0. The van der Waals surface area contributed by atoms with Crippen molar-refractivity contribution in [1.82, 2.24) is 4.90 Å².